The number of nitrogens with one attached hydrogen (secondary N) is 1. The zero-order valence-electron chi connectivity index (χ0n) is 17.9. The number of hydrogen-bond acceptors (Lipinski definition) is 4. The lowest BCUT2D eigenvalue weighted by molar-refractivity contribution is -0.385. The molecular weight excluding hydrogens is 382 g/mol. The van der Waals surface area contributed by atoms with Gasteiger partial charge in [0, 0.05) is 24.2 Å². The Balaban J connectivity index is 2.32. The summed E-state index contributed by atoms with van der Waals surface area (Å²) in [4.78, 5) is 38.3. The minimum Gasteiger partial charge on any atom is -0.352 e. The Morgan fingerprint density at radius 1 is 1.07 bits per heavy atom. The molecule has 30 heavy (non-hydrogen) atoms. The maximum absolute atomic E-state index is 13.2. The number of amides is 2. The first-order chi connectivity index (χ1) is 14.2. The van der Waals surface area contributed by atoms with Crippen LogP contribution in [0.15, 0.2) is 48.5 Å². The van der Waals surface area contributed by atoms with Crippen molar-refractivity contribution in [3.05, 3.63) is 75.3 Å². The molecule has 7 heteroatoms. The Hall–Kier alpha value is -3.22. The van der Waals surface area contributed by atoms with Gasteiger partial charge in [-0.1, -0.05) is 49.4 Å². The Morgan fingerprint density at radius 2 is 1.67 bits per heavy atom. The number of carbonyl (C=O) groups is 2. The molecule has 0 fully saturated rings. The van der Waals surface area contributed by atoms with E-state index in [-0.39, 0.29) is 36.5 Å². The average molecular weight is 412 g/mol. The quantitative estimate of drug-likeness (QED) is 0.502. The first-order valence-electron chi connectivity index (χ1n) is 10.1. The summed E-state index contributed by atoms with van der Waals surface area (Å²) in [7, 11) is 0. The Kier molecular flexibility index (Phi) is 8.09. The largest absolute Gasteiger partial charge is 0.352 e. The molecule has 0 saturated heterocycles. The molecule has 0 aliphatic carbocycles. The van der Waals surface area contributed by atoms with Crippen LogP contribution in [0.5, 0.6) is 0 Å². The zero-order chi connectivity index (χ0) is 22.3. The average Bonchev–Trinajstić information content (AvgIpc) is 2.72. The van der Waals surface area contributed by atoms with Gasteiger partial charge in [0.15, 0.2) is 0 Å². The topological polar surface area (TPSA) is 92.6 Å². The molecule has 2 aromatic carbocycles. The van der Waals surface area contributed by atoms with Crippen molar-refractivity contribution in [3.63, 3.8) is 0 Å². The summed E-state index contributed by atoms with van der Waals surface area (Å²) in [5, 5.41) is 14.2. The van der Waals surface area contributed by atoms with Crippen LogP contribution in [0.4, 0.5) is 5.69 Å². The van der Waals surface area contributed by atoms with E-state index in [0.29, 0.717) is 5.56 Å². The second kappa shape index (κ2) is 10.5. The molecule has 2 atom stereocenters. The summed E-state index contributed by atoms with van der Waals surface area (Å²) in [5.74, 6) is -0.576. The van der Waals surface area contributed by atoms with E-state index in [1.54, 1.807) is 25.1 Å². The van der Waals surface area contributed by atoms with Gasteiger partial charge in [-0.15, -0.1) is 0 Å². The van der Waals surface area contributed by atoms with Crippen molar-refractivity contribution in [2.24, 2.45) is 0 Å². The Labute approximate surface area is 177 Å². The van der Waals surface area contributed by atoms with Crippen LogP contribution >= 0.6 is 0 Å². The van der Waals surface area contributed by atoms with Crippen LogP contribution in [0.2, 0.25) is 0 Å². The van der Waals surface area contributed by atoms with Gasteiger partial charge in [0.1, 0.15) is 6.04 Å². The fourth-order valence-corrected chi connectivity index (χ4v) is 3.12. The van der Waals surface area contributed by atoms with Gasteiger partial charge < -0.3 is 10.2 Å². The predicted molar refractivity (Wildman–Crippen MR) is 116 cm³/mol. The molecule has 160 valence electrons. The minimum absolute atomic E-state index is 0.00873. The molecule has 0 unspecified atom stereocenters. The van der Waals surface area contributed by atoms with E-state index in [4.69, 9.17) is 0 Å². The monoisotopic (exact) mass is 411 g/mol. The number of nitrogens with zero attached hydrogens (tertiary/aromatic N) is 2. The molecule has 0 spiro atoms. The van der Waals surface area contributed by atoms with E-state index < -0.39 is 11.0 Å². The molecule has 0 saturated carbocycles. The molecule has 2 rings (SSSR count). The van der Waals surface area contributed by atoms with Crippen molar-refractivity contribution >= 4 is 17.5 Å². The summed E-state index contributed by atoms with van der Waals surface area (Å²) in [6.45, 7) is 7.77. The van der Waals surface area contributed by atoms with Crippen molar-refractivity contribution in [1.82, 2.24) is 10.2 Å². The summed E-state index contributed by atoms with van der Waals surface area (Å²) < 4.78 is 0. The van der Waals surface area contributed by atoms with Crippen molar-refractivity contribution in [3.8, 4) is 0 Å². The predicted octanol–water partition coefficient (Wildman–Crippen LogP) is 3.78. The third kappa shape index (κ3) is 5.89. The smallest absolute Gasteiger partial charge is 0.273 e. The van der Waals surface area contributed by atoms with Gasteiger partial charge in [-0.3, -0.25) is 19.7 Å². The van der Waals surface area contributed by atoms with Gasteiger partial charge in [0.2, 0.25) is 11.8 Å². The molecule has 2 amide bonds. The molecule has 0 aliphatic heterocycles. The van der Waals surface area contributed by atoms with Crippen LogP contribution in [0.25, 0.3) is 0 Å². The number of aryl methyl sites for hydroxylation is 1. The number of carbonyl (C=O) groups excluding carboxylic acids is 2. The fourth-order valence-electron chi connectivity index (χ4n) is 3.12. The van der Waals surface area contributed by atoms with Gasteiger partial charge in [-0.25, -0.2) is 0 Å². The van der Waals surface area contributed by atoms with Gasteiger partial charge in [0.25, 0.3) is 5.69 Å². The van der Waals surface area contributed by atoms with Crippen LogP contribution < -0.4 is 5.32 Å². The van der Waals surface area contributed by atoms with Crippen molar-refractivity contribution in [1.29, 1.82) is 0 Å². The minimum atomic E-state index is -0.714. The number of nitro benzene ring substituents is 1. The third-order valence-corrected chi connectivity index (χ3v) is 5.30. The second-order valence-electron chi connectivity index (χ2n) is 7.50. The van der Waals surface area contributed by atoms with E-state index in [9.17, 15) is 19.7 Å². The van der Waals surface area contributed by atoms with E-state index in [1.807, 2.05) is 45.0 Å². The number of nitro groups is 1. The third-order valence-electron chi connectivity index (χ3n) is 5.30. The lowest BCUT2D eigenvalue weighted by Gasteiger charge is -2.30. The normalized spacial score (nSPS) is 12.7. The molecular formula is C23H29N3O4. The molecule has 0 aromatic heterocycles. The van der Waals surface area contributed by atoms with E-state index in [1.165, 1.54) is 11.0 Å². The summed E-state index contributed by atoms with van der Waals surface area (Å²) in [6, 6.07) is 13.1. The van der Waals surface area contributed by atoms with E-state index >= 15 is 0 Å². The van der Waals surface area contributed by atoms with Gasteiger partial charge >= 0.3 is 0 Å². The molecule has 7 nitrogen and oxygen atoms in total. The van der Waals surface area contributed by atoms with E-state index in [0.717, 1.165) is 17.5 Å². The molecule has 0 bridgehead atoms. The Morgan fingerprint density at radius 3 is 2.27 bits per heavy atom. The van der Waals surface area contributed by atoms with Crippen LogP contribution in [0.3, 0.4) is 0 Å². The number of para-hydroxylation sites is 1. The molecule has 2 aromatic rings. The van der Waals surface area contributed by atoms with Crippen molar-refractivity contribution < 1.29 is 14.5 Å². The van der Waals surface area contributed by atoms with Gasteiger partial charge in [-0.05, 0) is 38.3 Å². The maximum Gasteiger partial charge on any atom is 0.273 e. The second-order valence-corrected chi connectivity index (χ2v) is 7.50. The standard InChI is InChI=1S/C23H29N3O4/c1-5-17(3)24-23(28)18(4)25(15-20-12-7-6-10-16(20)2)22(27)14-19-11-8-9-13-21(19)26(29)30/h6-13,17-18H,5,14-15H2,1-4H3,(H,24,28)/t17-,18+/m1/s1. The zero-order valence-corrected chi connectivity index (χ0v) is 17.9. The van der Waals surface area contributed by atoms with Crippen LogP contribution in [-0.4, -0.2) is 33.7 Å². The fraction of sp³-hybridized carbons (Fsp3) is 0.391. The molecule has 0 heterocycles. The highest BCUT2D eigenvalue weighted by Crippen LogP contribution is 2.21. The lowest BCUT2D eigenvalue weighted by atomic mass is 10.0. The van der Waals surface area contributed by atoms with E-state index in [2.05, 4.69) is 5.32 Å². The highest BCUT2D eigenvalue weighted by atomic mass is 16.6. The maximum atomic E-state index is 13.2. The SMILES string of the molecule is CC[C@@H](C)NC(=O)[C@H](C)N(Cc1ccccc1C)C(=O)Cc1ccccc1[N+](=O)[O-]. The van der Waals surface area contributed by atoms with Crippen molar-refractivity contribution in [2.45, 2.75) is 59.2 Å². The number of rotatable bonds is 9. The summed E-state index contributed by atoms with van der Waals surface area (Å²) in [6.07, 6.45) is 0.629. The first kappa shape index (κ1) is 23.1. The van der Waals surface area contributed by atoms with Crippen LogP contribution in [-0.2, 0) is 22.6 Å². The molecule has 0 aliphatic rings. The number of hydrogen-bond donors (Lipinski definition) is 1. The molecule has 0 radical (unpaired) electrons. The number of benzene rings is 2. The molecule has 1 N–H and O–H groups in total. The van der Waals surface area contributed by atoms with Crippen molar-refractivity contribution in [2.75, 3.05) is 0 Å². The summed E-state index contributed by atoms with van der Waals surface area (Å²) in [5.41, 5.74) is 2.17. The summed E-state index contributed by atoms with van der Waals surface area (Å²) >= 11 is 0. The highest BCUT2D eigenvalue weighted by Gasteiger charge is 2.28. The first-order valence-corrected chi connectivity index (χ1v) is 10.1. The van der Waals surface area contributed by atoms with Gasteiger partial charge in [0.05, 0.1) is 11.3 Å². The van der Waals surface area contributed by atoms with Crippen LogP contribution in [0.1, 0.15) is 43.9 Å². The lowest BCUT2D eigenvalue weighted by Crippen LogP contribution is -2.50. The Bertz CT molecular complexity index is 913. The highest BCUT2D eigenvalue weighted by molar-refractivity contribution is 5.88. The van der Waals surface area contributed by atoms with Gasteiger partial charge in [-0.2, -0.15) is 0 Å². The van der Waals surface area contributed by atoms with Crippen LogP contribution in [0, 0.1) is 17.0 Å².